The summed E-state index contributed by atoms with van der Waals surface area (Å²) in [5.74, 6) is 0. The minimum Gasteiger partial charge on any atom is -0.375 e. The van der Waals surface area contributed by atoms with Crippen molar-refractivity contribution in [3.05, 3.63) is 0 Å². The molecule has 3 nitrogen and oxygen atoms in total. The second kappa shape index (κ2) is 12.9. The third kappa shape index (κ3) is 9.42. The average molecular weight is 274 g/mol. The fourth-order valence-corrected chi connectivity index (χ4v) is 1.96. The molecule has 0 aromatic heterocycles. The molecule has 0 N–H and O–H groups in total. The molecule has 0 aliphatic carbocycles. The van der Waals surface area contributed by atoms with Crippen LogP contribution in [0.4, 0.5) is 0 Å². The summed E-state index contributed by atoms with van der Waals surface area (Å²) < 4.78 is 17.6. The van der Waals surface area contributed by atoms with Gasteiger partial charge in [0, 0.05) is 6.61 Å². The molecule has 0 saturated heterocycles. The van der Waals surface area contributed by atoms with Crippen molar-refractivity contribution in [2.45, 2.75) is 85.0 Å². The monoisotopic (exact) mass is 274 g/mol. The van der Waals surface area contributed by atoms with Gasteiger partial charge in [-0.15, -0.1) is 0 Å². The van der Waals surface area contributed by atoms with Crippen LogP contribution in [0.15, 0.2) is 0 Å². The van der Waals surface area contributed by atoms with Crippen molar-refractivity contribution < 1.29 is 14.2 Å². The fraction of sp³-hybridized carbons (Fsp3) is 1.00. The number of rotatable bonds is 13. The third-order valence-corrected chi connectivity index (χ3v) is 3.41. The topological polar surface area (TPSA) is 27.7 Å². The van der Waals surface area contributed by atoms with E-state index in [4.69, 9.17) is 14.2 Å². The first-order valence-electron chi connectivity index (χ1n) is 8.06. The van der Waals surface area contributed by atoms with Gasteiger partial charge in [0.15, 0.2) is 0 Å². The Balaban J connectivity index is 4.06. The summed E-state index contributed by atoms with van der Waals surface area (Å²) >= 11 is 0. The van der Waals surface area contributed by atoms with Gasteiger partial charge in [-0.25, -0.2) is 0 Å². The third-order valence-electron chi connectivity index (χ3n) is 3.41. The van der Waals surface area contributed by atoms with Crippen molar-refractivity contribution in [3.8, 4) is 0 Å². The Bertz CT molecular complexity index is 161. The van der Waals surface area contributed by atoms with Crippen LogP contribution >= 0.6 is 0 Å². The molecule has 0 amide bonds. The second-order valence-corrected chi connectivity index (χ2v) is 5.04. The lowest BCUT2D eigenvalue weighted by atomic mass is 10.2. The lowest BCUT2D eigenvalue weighted by Gasteiger charge is -2.23. The van der Waals surface area contributed by atoms with Crippen LogP contribution in [0.3, 0.4) is 0 Å². The summed E-state index contributed by atoms with van der Waals surface area (Å²) in [5.41, 5.74) is 0. The Hall–Kier alpha value is -0.120. The van der Waals surface area contributed by atoms with E-state index in [1.54, 1.807) is 0 Å². The normalized spacial score (nSPS) is 12.0. The second-order valence-electron chi connectivity index (χ2n) is 5.04. The Morgan fingerprint density at radius 2 is 1.00 bits per heavy atom. The molecular weight excluding hydrogens is 240 g/mol. The number of hydrogen-bond donors (Lipinski definition) is 0. The van der Waals surface area contributed by atoms with Gasteiger partial charge in [-0.3, -0.25) is 0 Å². The van der Waals surface area contributed by atoms with Crippen LogP contribution < -0.4 is 0 Å². The lowest BCUT2D eigenvalue weighted by Crippen LogP contribution is -2.30. The molecule has 0 radical (unpaired) electrons. The molecular formula is C16H34O3. The van der Waals surface area contributed by atoms with Gasteiger partial charge < -0.3 is 14.2 Å². The highest BCUT2D eigenvalue weighted by atomic mass is 16.6. The van der Waals surface area contributed by atoms with Crippen molar-refractivity contribution in [2.24, 2.45) is 0 Å². The molecule has 0 atom stereocenters. The van der Waals surface area contributed by atoms with Gasteiger partial charge in [-0.2, -0.15) is 0 Å². The van der Waals surface area contributed by atoms with Crippen LogP contribution in [-0.4, -0.2) is 38.1 Å². The van der Waals surface area contributed by atoms with Gasteiger partial charge >= 0.3 is 0 Å². The first kappa shape index (κ1) is 18.9. The smallest absolute Gasteiger partial charge is 0.104 e. The highest BCUT2D eigenvalue weighted by molar-refractivity contribution is 4.61. The Kier molecular flexibility index (Phi) is 12.8. The summed E-state index contributed by atoms with van der Waals surface area (Å²) in [6.45, 7) is 12.9. The van der Waals surface area contributed by atoms with Crippen molar-refractivity contribution in [1.29, 1.82) is 0 Å². The van der Waals surface area contributed by atoms with E-state index >= 15 is 0 Å². The van der Waals surface area contributed by atoms with Crippen molar-refractivity contribution in [3.63, 3.8) is 0 Å². The zero-order valence-corrected chi connectivity index (χ0v) is 13.6. The Labute approximate surface area is 120 Å². The van der Waals surface area contributed by atoms with E-state index in [0.717, 1.165) is 38.7 Å². The summed E-state index contributed by atoms with van der Waals surface area (Å²) in [7, 11) is 0. The molecule has 0 aliphatic rings. The first-order valence-corrected chi connectivity index (χ1v) is 8.06. The van der Waals surface area contributed by atoms with Crippen molar-refractivity contribution >= 4 is 0 Å². The van der Waals surface area contributed by atoms with Crippen LogP contribution in [0.1, 0.15) is 66.7 Å². The van der Waals surface area contributed by atoms with E-state index < -0.39 is 0 Å². The van der Waals surface area contributed by atoms with E-state index in [9.17, 15) is 0 Å². The molecule has 0 rings (SSSR count). The Morgan fingerprint density at radius 3 is 1.32 bits per heavy atom. The number of ether oxygens (including phenoxy) is 3. The predicted molar refractivity (Wildman–Crippen MR) is 80.7 cm³/mol. The van der Waals surface area contributed by atoms with Crippen molar-refractivity contribution in [2.75, 3.05) is 19.8 Å². The maximum atomic E-state index is 5.89. The maximum Gasteiger partial charge on any atom is 0.104 e. The highest BCUT2D eigenvalue weighted by Crippen LogP contribution is 2.08. The lowest BCUT2D eigenvalue weighted by molar-refractivity contribution is -0.0923. The van der Waals surface area contributed by atoms with Gasteiger partial charge in [0.2, 0.25) is 0 Å². The molecule has 0 aliphatic heterocycles. The summed E-state index contributed by atoms with van der Waals surface area (Å²) in [6, 6.07) is 0. The van der Waals surface area contributed by atoms with Crippen LogP contribution in [-0.2, 0) is 14.2 Å². The summed E-state index contributed by atoms with van der Waals surface area (Å²) in [4.78, 5) is 0. The molecule has 0 spiro atoms. The maximum absolute atomic E-state index is 5.89. The van der Waals surface area contributed by atoms with Crippen LogP contribution in [0, 0.1) is 0 Å². The van der Waals surface area contributed by atoms with Gasteiger partial charge in [-0.1, -0.05) is 34.6 Å². The standard InChI is InChI=1S/C16H34O3/c1-6-11-17-16(12-18-14(7-2)8-3)13-19-15(9-4)10-5/h14-16H,6-13H2,1-5H3. The first-order chi connectivity index (χ1) is 9.21. The fourth-order valence-electron chi connectivity index (χ4n) is 1.96. The van der Waals surface area contributed by atoms with Crippen LogP contribution in [0.2, 0.25) is 0 Å². The highest BCUT2D eigenvalue weighted by Gasteiger charge is 2.14. The average Bonchev–Trinajstić information content (AvgIpc) is 2.45. The van der Waals surface area contributed by atoms with Gasteiger partial charge in [-0.05, 0) is 32.1 Å². The van der Waals surface area contributed by atoms with Crippen LogP contribution in [0.25, 0.3) is 0 Å². The van der Waals surface area contributed by atoms with E-state index in [1.807, 2.05) is 0 Å². The van der Waals surface area contributed by atoms with E-state index in [-0.39, 0.29) is 6.10 Å². The molecule has 19 heavy (non-hydrogen) atoms. The molecule has 0 bridgehead atoms. The molecule has 0 aromatic carbocycles. The minimum absolute atomic E-state index is 0.0705. The van der Waals surface area contributed by atoms with Gasteiger partial charge in [0.05, 0.1) is 25.4 Å². The van der Waals surface area contributed by atoms with Gasteiger partial charge in [0.25, 0.3) is 0 Å². The zero-order valence-electron chi connectivity index (χ0n) is 13.6. The quantitative estimate of drug-likeness (QED) is 0.504. The molecule has 0 unspecified atom stereocenters. The minimum atomic E-state index is 0.0705. The van der Waals surface area contributed by atoms with E-state index in [1.165, 1.54) is 0 Å². The predicted octanol–water partition coefficient (Wildman–Crippen LogP) is 4.19. The van der Waals surface area contributed by atoms with Crippen molar-refractivity contribution in [1.82, 2.24) is 0 Å². The molecule has 3 heteroatoms. The largest absolute Gasteiger partial charge is 0.375 e. The number of hydrogen-bond acceptors (Lipinski definition) is 3. The van der Waals surface area contributed by atoms with Crippen LogP contribution in [0.5, 0.6) is 0 Å². The molecule has 0 fully saturated rings. The van der Waals surface area contributed by atoms with E-state index in [0.29, 0.717) is 25.4 Å². The van der Waals surface area contributed by atoms with Gasteiger partial charge in [0.1, 0.15) is 6.10 Å². The molecule has 0 heterocycles. The molecule has 116 valence electrons. The summed E-state index contributed by atoms with van der Waals surface area (Å²) in [5, 5.41) is 0. The summed E-state index contributed by atoms with van der Waals surface area (Å²) in [6.07, 6.45) is 6.04. The Morgan fingerprint density at radius 1 is 0.579 bits per heavy atom. The SMILES string of the molecule is CCCOC(COC(CC)CC)COC(CC)CC. The zero-order chi connectivity index (χ0) is 14.5. The van der Waals surface area contributed by atoms with E-state index in [2.05, 4.69) is 34.6 Å². The molecule has 0 aromatic rings. The molecule has 0 saturated carbocycles.